The first-order chi connectivity index (χ1) is 10.3. The van der Waals surface area contributed by atoms with Crippen LogP contribution in [0.5, 0.6) is 0 Å². The van der Waals surface area contributed by atoms with Crippen molar-refractivity contribution in [3.05, 3.63) is 23.9 Å². The van der Waals surface area contributed by atoms with Gasteiger partial charge in [-0.05, 0) is 55.9 Å². The first-order valence-corrected chi connectivity index (χ1v) is 8.41. The van der Waals surface area contributed by atoms with Crippen LogP contribution in [0.25, 0.3) is 0 Å². The summed E-state index contributed by atoms with van der Waals surface area (Å²) in [7, 11) is 0. The molecule has 0 amide bonds. The maximum atomic E-state index is 9.83. The van der Waals surface area contributed by atoms with E-state index in [9.17, 15) is 5.11 Å². The zero-order valence-electron chi connectivity index (χ0n) is 12.7. The number of unbranched alkanes of at least 4 members (excludes halogenated alkanes) is 2. The van der Waals surface area contributed by atoms with Crippen LogP contribution in [0.2, 0.25) is 0 Å². The zero-order chi connectivity index (χ0) is 14.7. The molecule has 2 aliphatic carbocycles. The van der Waals surface area contributed by atoms with Gasteiger partial charge in [-0.25, -0.2) is 4.99 Å². The van der Waals surface area contributed by atoms with Crippen LogP contribution in [-0.2, 0) is 0 Å². The van der Waals surface area contributed by atoms with Crippen molar-refractivity contribution >= 4 is 5.71 Å². The van der Waals surface area contributed by atoms with Crippen molar-refractivity contribution in [1.82, 2.24) is 5.32 Å². The number of fused-ring (bicyclic) bond motifs is 1. The van der Waals surface area contributed by atoms with Crippen molar-refractivity contribution in [2.45, 2.75) is 51.4 Å². The fraction of sp³-hybridized carbons (Fsp3) is 0.706. The molecule has 0 saturated heterocycles. The van der Waals surface area contributed by atoms with E-state index in [2.05, 4.69) is 10.3 Å². The summed E-state index contributed by atoms with van der Waals surface area (Å²) in [5, 5.41) is 12.8. The first-order valence-electron chi connectivity index (χ1n) is 8.41. The molecule has 0 bridgehead atoms. The van der Waals surface area contributed by atoms with Gasteiger partial charge >= 0.3 is 0 Å². The molecule has 116 valence electrons. The number of aliphatic hydroxyl groups excluding tert-OH is 1. The molecule has 2 unspecified atom stereocenters. The van der Waals surface area contributed by atoms with Gasteiger partial charge in [0.05, 0.1) is 5.71 Å². The first kappa shape index (κ1) is 14.6. The topological polar surface area (TPSA) is 70.6 Å². The smallest absolute Gasteiger partial charge is 0.153 e. The number of nitrogens with zero attached hydrogens (tertiary/aromatic N) is 1. The molecule has 3 aliphatic rings. The Morgan fingerprint density at radius 2 is 2.24 bits per heavy atom. The largest absolute Gasteiger partial charge is 0.505 e. The maximum Gasteiger partial charge on any atom is 0.153 e. The second-order valence-electron chi connectivity index (χ2n) is 6.65. The van der Waals surface area contributed by atoms with E-state index in [1.807, 2.05) is 6.08 Å². The summed E-state index contributed by atoms with van der Waals surface area (Å²) in [6.45, 7) is 0.456. The number of aliphatic imine (C=N–C) groups is 1. The Morgan fingerprint density at radius 1 is 1.33 bits per heavy atom. The van der Waals surface area contributed by atoms with Crippen molar-refractivity contribution in [3.8, 4) is 0 Å². The zero-order valence-corrected chi connectivity index (χ0v) is 12.7. The minimum atomic E-state index is 0.265. The van der Waals surface area contributed by atoms with Crippen LogP contribution in [-0.4, -0.2) is 17.4 Å². The molecule has 21 heavy (non-hydrogen) atoms. The summed E-state index contributed by atoms with van der Waals surface area (Å²) in [4.78, 5) is 4.41. The van der Waals surface area contributed by atoms with Crippen LogP contribution in [0.15, 0.2) is 28.8 Å². The van der Waals surface area contributed by atoms with Gasteiger partial charge in [-0.15, -0.1) is 0 Å². The average molecular weight is 289 g/mol. The van der Waals surface area contributed by atoms with E-state index in [1.54, 1.807) is 6.20 Å². The van der Waals surface area contributed by atoms with E-state index in [4.69, 9.17) is 5.73 Å². The number of allylic oxidation sites excluding steroid dienone is 1. The van der Waals surface area contributed by atoms with Crippen LogP contribution >= 0.6 is 0 Å². The highest BCUT2D eigenvalue weighted by atomic mass is 16.3. The van der Waals surface area contributed by atoms with Gasteiger partial charge in [0.1, 0.15) is 5.82 Å². The lowest BCUT2D eigenvalue weighted by atomic mass is 9.95. The molecule has 4 N–H and O–H groups in total. The molecular weight excluding hydrogens is 262 g/mol. The molecular formula is C17H27N3O. The molecule has 0 radical (unpaired) electrons. The van der Waals surface area contributed by atoms with E-state index in [0.29, 0.717) is 6.54 Å². The number of hydrogen-bond acceptors (Lipinski definition) is 4. The molecule has 1 heterocycles. The summed E-state index contributed by atoms with van der Waals surface area (Å²) in [6, 6.07) is 0. The third-order valence-electron chi connectivity index (χ3n) is 5.20. The van der Waals surface area contributed by atoms with Crippen molar-refractivity contribution in [2.75, 3.05) is 6.54 Å². The molecule has 0 aromatic carbocycles. The molecule has 2 saturated carbocycles. The van der Waals surface area contributed by atoms with Crippen molar-refractivity contribution in [2.24, 2.45) is 28.5 Å². The highest BCUT2D eigenvalue weighted by Gasteiger charge is 2.47. The summed E-state index contributed by atoms with van der Waals surface area (Å²) < 4.78 is 0. The van der Waals surface area contributed by atoms with Gasteiger partial charge in [-0.3, -0.25) is 0 Å². The van der Waals surface area contributed by atoms with Crippen molar-refractivity contribution < 1.29 is 5.11 Å². The Hall–Kier alpha value is -1.29. The lowest BCUT2D eigenvalue weighted by molar-refractivity contribution is 0.418. The van der Waals surface area contributed by atoms with E-state index in [-0.39, 0.29) is 5.76 Å². The predicted octanol–water partition coefficient (Wildman–Crippen LogP) is 3.23. The van der Waals surface area contributed by atoms with E-state index >= 15 is 0 Å². The van der Waals surface area contributed by atoms with Crippen LogP contribution in [0.4, 0.5) is 0 Å². The maximum absolute atomic E-state index is 9.83. The second kappa shape index (κ2) is 6.65. The van der Waals surface area contributed by atoms with Crippen molar-refractivity contribution in [3.63, 3.8) is 0 Å². The lowest BCUT2D eigenvalue weighted by Gasteiger charge is -2.14. The van der Waals surface area contributed by atoms with Gasteiger partial charge in [0.15, 0.2) is 5.76 Å². The number of nitrogens with one attached hydrogen (secondary N) is 1. The normalized spacial score (nSPS) is 32.4. The molecule has 2 fully saturated rings. The molecule has 0 aromatic heterocycles. The Bertz CT molecular complexity index is 467. The number of nitrogens with two attached hydrogens (primary N) is 1. The van der Waals surface area contributed by atoms with E-state index in [0.717, 1.165) is 42.1 Å². The van der Waals surface area contributed by atoms with E-state index in [1.165, 1.54) is 38.5 Å². The molecule has 4 heteroatoms. The molecule has 4 nitrogen and oxygen atoms in total. The van der Waals surface area contributed by atoms with E-state index < -0.39 is 0 Å². The van der Waals surface area contributed by atoms with Gasteiger partial charge in [-0.2, -0.15) is 0 Å². The molecule has 0 spiro atoms. The van der Waals surface area contributed by atoms with Gasteiger partial charge in [0, 0.05) is 12.7 Å². The van der Waals surface area contributed by atoms with Crippen molar-refractivity contribution in [1.29, 1.82) is 0 Å². The summed E-state index contributed by atoms with van der Waals surface area (Å²) in [5.41, 5.74) is 6.27. The Labute approximate surface area is 127 Å². The number of hydrogen-bond donors (Lipinski definition) is 3. The summed E-state index contributed by atoms with van der Waals surface area (Å²) in [6.07, 6.45) is 13.9. The van der Waals surface area contributed by atoms with Gasteiger partial charge in [0.2, 0.25) is 0 Å². The van der Waals surface area contributed by atoms with Gasteiger partial charge in [0.25, 0.3) is 0 Å². The fourth-order valence-electron chi connectivity index (χ4n) is 3.92. The standard InChI is InChI=1S/C17H27N3O/c18-9-8-17-19-11-16(21)15(20-17)5-3-1-2-4-12-6-7-13-10-14(12)13/h8,11-14,19,21H,1-7,9-10,18H2/b17-8+/t12-,13?,14?/m0/s1. The molecule has 1 aliphatic heterocycles. The Kier molecular flexibility index (Phi) is 4.63. The molecule has 3 rings (SSSR count). The highest BCUT2D eigenvalue weighted by molar-refractivity contribution is 5.99. The third-order valence-corrected chi connectivity index (χ3v) is 5.20. The fourth-order valence-corrected chi connectivity index (χ4v) is 3.92. The average Bonchev–Trinajstić information content (AvgIpc) is 3.16. The predicted molar refractivity (Wildman–Crippen MR) is 85.8 cm³/mol. The SMILES string of the molecule is NC/C=C1/N=C(CCCCC[C@H]2CCC3CC32)C(O)=CN1. The Balaban J connectivity index is 1.36. The van der Waals surface area contributed by atoms with Crippen LogP contribution in [0, 0.1) is 17.8 Å². The quantitative estimate of drug-likeness (QED) is 0.630. The monoisotopic (exact) mass is 289 g/mol. The Morgan fingerprint density at radius 3 is 2.95 bits per heavy atom. The van der Waals surface area contributed by atoms with Gasteiger partial charge < -0.3 is 16.2 Å². The van der Waals surface area contributed by atoms with Crippen LogP contribution in [0.1, 0.15) is 51.4 Å². The number of aliphatic hydroxyl groups is 1. The lowest BCUT2D eigenvalue weighted by Crippen LogP contribution is -2.18. The number of rotatable bonds is 7. The minimum Gasteiger partial charge on any atom is -0.505 e. The summed E-state index contributed by atoms with van der Waals surface area (Å²) in [5.74, 6) is 4.24. The highest BCUT2D eigenvalue weighted by Crippen LogP contribution is 2.56. The summed E-state index contributed by atoms with van der Waals surface area (Å²) >= 11 is 0. The third kappa shape index (κ3) is 3.67. The van der Waals surface area contributed by atoms with Crippen LogP contribution in [0.3, 0.4) is 0 Å². The molecule has 0 aromatic rings. The van der Waals surface area contributed by atoms with Crippen LogP contribution < -0.4 is 11.1 Å². The molecule has 3 atom stereocenters. The minimum absolute atomic E-state index is 0.265. The second-order valence-corrected chi connectivity index (χ2v) is 6.65. The van der Waals surface area contributed by atoms with Gasteiger partial charge in [-0.1, -0.05) is 19.3 Å².